The van der Waals surface area contributed by atoms with Gasteiger partial charge in [0.1, 0.15) is 11.3 Å². The lowest BCUT2D eigenvalue weighted by molar-refractivity contribution is -0.137. The van der Waals surface area contributed by atoms with Crippen molar-refractivity contribution in [2.75, 3.05) is 0 Å². The molecule has 2 aromatic carbocycles. The zero-order valence-corrected chi connectivity index (χ0v) is 14.5. The normalized spacial score (nSPS) is 12.3. The summed E-state index contributed by atoms with van der Waals surface area (Å²) in [6, 6.07) is 12.6. The lowest BCUT2D eigenvalue weighted by atomic mass is 10.1. The second-order valence-electron chi connectivity index (χ2n) is 5.85. The van der Waals surface area contributed by atoms with Crippen molar-refractivity contribution in [1.82, 2.24) is 0 Å². The van der Waals surface area contributed by atoms with Crippen LogP contribution in [0.3, 0.4) is 0 Å². The Morgan fingerprint density at radius 2 is 1.58 bits per heavy atom. The molecule has 0 bridgehead atoms. The van der Waals surface area contributed by atoms with Gasteiger partial charge < -0.3 is 9.52 Å². The third-order valence-electron chi connectivity index (χ3n) is 3.73. The predicted octanol–water partition coefficient (Wildman–Crippen LogP) is 5.27. The zero-order valence-electron chi connectivity index (χ0n) is 14.5. The Balaban J connectivity index is 0.000000187. The summed E-state index contributed by atoms with van der Waals surface area (Å²) < 4.78 is 41.7. The molecule has 2 nitrogen and oxygen atoms in total. The lowest BCUT2D eigenvalue weighted by Gasteiger charge is -2.06. The van der Waals surface area contributed by atoms with Crippen LogP contribution in [0.2, 0.25) is 0 Å². The number of hydrogen-bond donors (Lipinski definition) is 1. The Bertz CT molecular complexity index is 1020. The van der Waals surface area contributed by atoms with Crippen LogP contribution in [0.25, 0.3) is 28.9 Å². The first kappa shape index (κ1) is 19.4. The van der Waals surface area contributed by atoms with Gasteiger partial charge >= 0.3 is 6.18 Å². The van der Waals surface area contributed by atoms with Gasteiger partial charge in [0, 0.05) is 10.6 Å². The van der Waals surface area contributed by atoms with Gasteiger partial charge in [-0.15, -0.1) is 0 Å². The van der Waals surface area contributed by atoms with Gasteiger partial charge in [-0.1, -0.05) is 49.1 Å². The number of allylic oxidation sites excluding steroid dienone is 1. The van der Waals surface area contributed by atoms with Gasteiger partial charge in [-0.05, 0) is 37.6 Å². The van der Waals surface area contributed by atoms with Gasteiger partial charge in [0.05, 0.1) is 5.56 Å². The second kappa shape index (κ2) is 7.52. The molecule has 0 saturated heterocycles. The fourth-order valence-electron chi connectivity index (χ4n) is 2.33. The van der Waals surface area contributed by atoms with Gasteiger partial charge in [0.15, 0.2) is 5.42 Å². The molecule has 0 amide bonds. The number of aliphatic hydroxyl groups excluding tert-OH is 1. The largest absolute Gasteiger partial charge is 0.509 e. The Labute approximate surface area is 149 Å². The maximum atomic E-state index is 12.1. The number of hydrogen-bond acceptors (Lipinski definition) is 2. The van der Waals surface area contributed by atoms with Crippen LogP contribution in [-0.2, 0) is 6.18 Å². The highest BCUT2D eigenvalue weighted by atomic mass is 19.4. The molecule has 1 heterocycles. The van der Waals surface area contributed by atoms with Crippen LogP contribution in [-0.4, -0.2) is 5.11 Å². The number of alkyl halides is 3. The minimum atomic E-state index is -4.26. The van der Waals surface area contributed by atoms with Crippen molar-refractivity contribution in [2.24, 2.45) is 0 Å². The average molecular weight is 360 g/mol. The standard InChI is InChI=1S/C11H10O2.C10H9F3/c1-7-9-5-3-4-6-10(9)13-11(7)8(2)12;1-7(2)8-3-5-9(6-4-8)10(11,12)13/h3-6,12H,1H2,2H3;3-6H,1H2,2H3/b11-8-;. The molecule has 1 aromatic heterocycles. The van der Waals surface area contributed by atoms with E-state index in [-0.39, 0.29) is 5.76 Å². The zero-order chi connectivity index (χ0) is 19.5. The highest BCUT2D eigenvalue weighted by Gasteiger charge is 2.29. The van der Waals surface area contributed by atoms with E-state index in [1.807, 2.05) is 24.3 Å². The van der Waals surface area contributed by atoms with E-state index in [9.17, 15) is 18.3 Å². The van der Waals surface area contributed by atoms with Crippen molar-refractivity contribution >= 4 is 28.9 Å². The van der Waals surface area contributed by atoms with Gasteiger partial charge in [-0.2, -0.15) is 13.2 Å². The quantitative estimate of drug-likeness (QED) is 0.641. The Kier molecular flexibility index (Phi) is 5.60. The van der Waals surface area contributed by atoms with Crippen molar-refractivity contribution < 1.29 is 22.7 Å². The van der Waals surface area contributed by atoms with E-state index in [0.29, 0.717) is 5.42 Å². The third-order valence-corrected chi connectivity index (χ3v) is 3.73. The molecule has 1 N–H and O–H groups in total. The van der Waals surface area contributed by atoms with Gasteiger partial charge in [0.2, 0.25) is 0 Å². The number of benzene rings is 2. The van der Waals surface area contributed by atoms with E-state index in [0.717, 1.165) is 39.5 Å². The Hall–Kier alpha value is -2.95. The second-order valence-corrected chi connectivity index (χ2v) is 5.85. The SMILES string of the molecule is C=C(C)c1ccc(C(F)(F)F)cc1.C=c1/c(=C(\C)O)oc2ccccc12. The van der Waals surface area contributed by atoms with E-state index >= 15 is 0 Å². The molecule has 0 spiro atoms. The third kappa shape index (κ3) is 4.36. The maximum absolute atomic E-state index is 12.1. The molecule has 26 heavy (non-hydrogen) atoms. The minimum absolute atomic E-state index is 0.168. The number of halogens is 3. The average Bonchev–Trinajstić information content (AvgIpc) is 2.92. The fourth-order valence-corrected chi connectivity index (χ4v) is 2.33. The van der Waals surface area contributed by atoms with E-state index in [2.05, 4.69) is 13.2 Å². The van der Waals surface area contributed by atoms with Gasteiger partial charge in [-0.25, -0.2) is 0 Å². The minimum Gasteiger partial charge on any atom is -0.509 e. The smallest absolute Gasteiger partial charge is 0.416 e. The lowest BCUT2D eigenvalue weighted by Crippen LogP contribution is -2.20. The van der Waals surface area contributed by atoms with Crippen LogP contribution in [0.15, 0.2) is 59.5 Å². The summed E-state index contributed by atoms with van der Waals surface area (Å²) in [4.78, 5) is 0. The number of rotatable bonds is 1. The van der Waals surface area contributed by atoms with Gasteiger partial charge in [-0.3, -0.25) is 0 Å². The first-order valence-corrected chi connectivity index (χ1v) is 7.80. The van der Waals surface area contributed by atoms with Crippen molar-refractivity contribution in [3.05, 3.63) is 76.9 Å². The van der Waals surface area contributed by atoms with Crippen LogP contribution < -0.4 is 10.6 Å². The molecular weight excluding hydrogens is 341 g/mol. The molecule has 0 aliphatic rings. The van der Waals surface area contributed by atoms with E-state index < -0.39 is 11.7 Å². The fraction of sp³-hybridized carbons (Fsp3) is 0.143. The first-order chi connectivity index (χ1) is 12.1. The summed E-state index contributed by atoms with van der Waals surface area (Å²) in [5.41, 5.74) is 2.09. The van der Waals surface area contributed by atoms with Gasteiger partial charge in [0.25, 0.3) is 0 Å². The molecule has 0 aliphatic heterocycles. The molecular formula is C21H19F3O2. The van der Waals surface area contributed by atoms with Crippen LogP contribution in [0.5, 0.6) is 0 Å². The number of aliphatic hydroxyl groups is 1. The van der Waals surface area contributed by atoms with Crippen LogP contribution >= 0.6 is 0 Å². The maximum Gasteiger partial charge on any atom is 0.416 e. The Morgan fingerprint density at radius 1 is 1.00 bits per heavy atom. The summed E-state index contributed by atoms with van der Waals surface area (Å²) in [6.45, 7) is 10.8. The number of fused-ring (bicyclic) bond motifs is 1. The topological polar surface area (TPSA) is 33.4 Å². The molecule has 3 rings (SSSR count). The number of para-hydroxylation sites is 1. The highest BCUT2D eigenvalue weighted by molar-refractivity contribution is 5.78. The molecule has 0 atom stereocenters. The van der Waals surface area contributed by atoms with Crippen molar-refractivity contribution in [1.29, 1.82) is 0 Å². The Morgan fingerprint density at radius 3 is 2.04 bits per heavy atom. The van der Waals surface area contributed by atoms with Crippen LogP contribution in [0.4, 0.5) is 13.2 Å². The van der Waals surface area contributed by atoms with Crippen molar-refractivity contribution in [3.63, 3.8) is 0 Å². The molecule has 0 unspecified atom stereocenters. The molecule has 0 aliphatic carbocycles. The van der Waals surface area contributed by atoms with E-state index in [4.69, 9.17) is 4.42 Å². The summed E-state index contributed by atoms with van der Waals surface area (Å²) >= 11 is 0. The monoisotopic (exact) mass is 360 g/mol. The molecule has 5 heteroatoms. The molecule has 3 aromatic rings. The van der Waals surface area contributed by atoms with E-state index in [1.165, 1.54) is 12.1 Å². The summed E-state index contributed by atoms with van der Waals surface area (Å²) in [5, 5.41) is 11.0. The molecule has 0 saturated carbocycles. The van der Waals surface area contributed by atoms with Crippen LogP contribution in [0, 0.1) is 0 Å². The summed E-state index contributed by atoms with van der Waals surface area (Å²) in [6.07, 6.45) is -4.26. The molecule has 0 radical (unpaired) electrons. The van der Waals surface area contributed by atoms with E-state index in [1.54, 1.807) is 13.8 Å². The molecule has 0 fully saturated rings. The van der Waals surface area contributed by atoms with Crippen molar-refractivity contribution in [3.8, 4) is 0 Å². The highest BCUT2D eigenvalue weighted by Crippen LogP contribution is 2.29. The first-order valence-electron chi connectivity index (χ1n) is 7.80. The van der Waals surface area contributed by atoms with Crippen molar-refractivity contribution in [2.45, 2.75) is 20.0 Å². The number of furan rings is 1. The summed E-state index contributed by atoms with van der Waals surface area (Å²) in [7, 11) is 0. The van der Waals surface area contributed by atoms with Crippen LogP contribution in [0.1, 0.15) is 25.0 Å². The molecule has 136 valence electrons. The predicted molar refractivity (Wildman–Crippen MR) is 98.8 cm³/mol. The summed E-state index contributed by atoms with van der Waals surface area (Å²) in [5.74, 6) is 0.168.